The minimum absolute atomic E-state index is 0.229. The molecule has 0 aliphatic rings. The topological polar surface area (TPSA) is 100 Å². The fourth-order valence-corrected chi connectivity index (χ4v) is 4.25. The van der Waals surface area contributed by atoms with Crippen molar-refractivity contribution in [2.45, 2.75) is 0 Å². The third-order valence-corrected chi connectivity index (χ3v) is 6.09. The van der Waals surface area contributed by atoms with Crippen molar-refractivity contribution in [3.8, 4) is 34.5 Å². The molecule has 1 atom stereocenters. The van der Waals surface area contributed by atoms with E-state index in [2.05, 4.69) is 0 Å². The molecule has 0 N–H and O–H groups in total. The van der Waals surface area contributed by atoms with E-state index in [0.29, 0.717) is 71.8 Å². The van der Waals surface area contributed by atoms with Crippen LogP contribution in [0.15, 0.2) is 24.3 Å². The molecule has 2 aromatic rings. The van der Waals surface area contributed by atoms with Crippen molar-refractivity contribution in [2.75, 3.05) is 82.3 Å². The minimum Gasteiger partial charge on any atom is -0.496 e. The molecule has 0 aliphatic heterocycles. The van der Waals surface area contributed by atoms with Crippen LogP contribution in [0.25, 0.3) is 0 Å². The first-order valence-corrected chi connectivity index (χ1v) is 12.2. The number of methoxy groups -OCH3 is 6. The van der Waals surface area contributed by atoms with Crippen molar-refractivity contribution < 1.29 is 47.4 Å². The number of hydrogen-bond donors (Lipinski definition) is 0. The average molecular weight is 527 g/mol. The summed E-state index contributed by atoms with van der Waals surface area (Å²) in [5.41, 5.74) is 0.0674. The van der Waals surface area contributed by atoms with Gasteiger partial charge in [0.15, 0.2) is 5.52 Å². The maximum absolute atomic E-state index is 13.6. The highest BCUT2D eigenvalue weighted by atomic mass is 31.1. The van der Waals surface area contributed by atoms with E-state index in [-0.39, 0.29) is 27.3 Å². The van der Waals surface area contributed by atoms with E-state index in [4.69, 9.17) is 42.6 Å². The van der Waals surface area contributed by atoms with Crippen LogP contribution in [0.3, 0.4) is 0 Å². The second kappa shape index (κ2) is 16.1. The van der Waals surface area contributed by atoms with Crippen LogP contribution in [0, 0.1) is 0 Å². The largest absolute Gasteiger partial charge is 0.496 e. The summed E-state index contributed by atoms with van der Waals surface area (Å²) >= 11 is 0. The van der Waals surface area contributed by atoms with E-state index in [1.807, 2.05) is 0 Å². The lowest BCUT2D eigenvalue weighted by molar-refractivity contribution is 0.108. The predicted molar refractivity (Wildman–Crippen MR) is 137 cm³/mol. The zero-order valence-corrected chi connectivity index (χ0v) is 22.6. The smallest absolute Gasteiger partial charge is 0.193 e. The Kier molecular flexibility index (Phi) is 13.1. The molecule has 2 rings (SSSR count). The lowest BCUT2D eigenvalue weighted by Gasteiger charge is -2.19. The minimum atomic E-state index is -0.379. The van der Waals surface area contributed by atoms with Crippen LogP contribution in [-0.2, 0) is 14.2 Å². The van der Waals surface area contributed by atoms with Gasteiger partial charge in [-0.15, -0.1) is 0 Å². The predicted octanol–water partition coefficient (Wildman–Crippen LogP) is 2.93. The second-order valence-corrected chi connectivity index (χ2v) is 8.38. The van der Waals surface area contributed by atoms with Gasteiger partial charge in [0, 0.05) is 45.6 Å². The van der Waals surface area contributed by atoms with E-state index in [9.17, 15) is 4.79 Å². The Morgan fingerprint density at radius 2 is 1.03 bits per heavy atom. The van der Waals surface area contributed by atoms with Crippen LogP contribution in [0.1, 0.15) is 10.4 Å². The van der Waals surface area contributed by atoms with Gasteiger partial charge in [0.05, 0.1) is 46.5 Å². The Morgan fingerprint density at radius 1 is 0.583 bits per heavy atom. The summed E-state index contributed by atoms with van der Waals surface area (Å²) in [6, 6.07) is 6.73. The van der Waals surface area contributed by atoms with Gasteiger partial charge in [-0.3, -0.25) is 4.79 Å². The van der Waals surface area contributed by atoms with Gasteiger partial charge in [-0.2, -0.15) is 0 Å². The molecule has 36 heavy (non-hydrogen) atoms. The molecule has 0 saturated heterocycles. The van der Waals surface area contributed by atoms with Crippen LogP contribution in [0.4, 0.5) is 0 Å². The van der Waals surface area contributed by atoms with Crippen molar-refractivity contribution in [2.24, 2.45) is 0 Å². The lowest BCUT2D eigenvalue weighted by Crippen LogP contribution is -2.17. The van der Waals surface area contributed by atoms with Gasteiger partial charge in [-0.1, -0.05) is 0 Å². The van der Waals surface area contributed by atoms with Crippen molar-refractivity contribution in [1.29, 1.82) is 0 Å². The van der Waals surface area contributed by atoms with Gasteiger partial charge < -0.3 is 42.6 Å². The van der Waals surface area contributed by atoms with Gasteiger partial charge in [0.25, 0.3) is 0 Å². The number of benzene rings is 2. The highest BCUT2D eigenvalue weighted by Gasteiger charge is 2.25. The van der Waals surface area contributed by atoms with Crippen LogP contribution in [-0.4, -0.2) is 87.8 Å². The Bertz CT molecular complexity index is 910. The van der Waals surface area contributed by atoms with Crippen LogP contribution >= 0.6 is 8.58 Å². The first kappa shape index (κ1) is 29.5. The number of hydrogen-bond acceptors (Lipinski definition) is 10. The molecule has 2 aromatic carbocycles. The summed E-state index contributed by atoms with van der Waals surface area (Å²) in [5.74, 6) is 2.61. The average Bonchev–Trinajstić information content (AvgIpc) is 2.89. The molecule has 0 spiro atoms. The zero-order valence-electron chi connectivity index (χ0n) is 21.6. The molecule has 0 bridgehead atoms. The van der Waals surface area contributed by atoms with E-state index in [1.165, 1.54) is 21.3 Å². The number of carbonyl (C=O) groups is 1. The molecule has 200 valence electrons. The summed E-state index contributed by atoms with van der Waals surface area (Å²) in [6.45, 7) is 2.04. The third-order valence-electron chi connectivity index (χ3n) is 4.87. The molecule has 11 heteroatoms. The third kappa shape index (κ3) is 8.41. The molecule has 0 heterocycles. The Morgan fingerprint density at radius 3 is 1.44 bits per heavy atom. The fraction of sp³-hybridized carbons (Fsp3) is 0.480. The first-order valence-electron chi connectivity index (χ1n) is 11.2. The molecule has 0 saturated carbocycles. The fourth-order valence-electron chi connectivity index (χ4n) is 3.12. The summed E-state index contributed by atoms with van der Waals surface area (Å²) in [4.78, 5) is 13.6. The SMILES string of the molecule is COCCOc1cc(OCCOC)c(PC(=O)c2c(OC)cc(OC)cc2OC)c(OCCOC)c1. The van der Waals surface area contributed by atoms with Crippen molar-refractivity contribution in [1.82, 2.24) is 0 Å². The molecular formula is C25H35O10P. The molecule has 0 aromatic heterocycles. The molecule has 0 fully saturated rings. The summed E-state index contributed by atoms with van der Waals surface area (Å²) < 4.78 is 49.3. The van der Waals surface area contributed by atoms with Gasteiger partial charge >= 0.3 is 0 Å². The highest BCUT2D eigenvalue weighted by Crippen LogP contribution is 2.41. The van der Waals surface area contributed by atoms with Crippen molar-refractivity contribution in [3.63, 3.8) is 0 Å². The van der Waals surface area contributed by atoms with E-state index < -0.39 is 0 Å². The zero-order chi connectivity index (χ0) is 26.3. The van der Waals surface area contributed by atoms with Crippen LogP contribution < -0.4 is 33.7 Å². The van der Waals surface area contributed by atoms with Crippen molar-refractivity contribution in [3.05, 3.63) is 29.8 Å². The normalized spacial score (nSPS) is 10.9. The standard InChI is InChI=1S/C25H35O10P/c1-27-7-10-33-18-15-21(34-11-8-28-2)24(22(16-18)35-12-9-29-3)36-25(26)23-19(31-5)13-17(30-4)14-20(23)32-6/h13-16,36H,7-12H2,1-6H3. The van der Waals surface area contributed by atoms with E-state index in [1.54, 1.807) is 45.6 Å². The Hall–Kier alpha value is -2.78. The van der Waals surface area contributed by atoms with Gasteiger partial charge in [-0.25, -0.2) is 0 Å². The number of carbonyl (C=O) groups excluding carboxylic acids is 1. The van der Waals surface area contributed by atoms with Crippen molar-refractivity contribution >= 4 is 19.4 Å². The van der Waals surface area contributed by atoms with Crippen LogP contribution in [0.5, 0.6) is 34.5 Å². The van der Waals surface area contributed by atoms with Gasteiger partial charge in [0.2, 0.25) is 0 Å². The summed E-state index contributed by atoms with van der Waals surface area (Å²) in [5, 5.41) is 0.575. The first-order chi connectivity index (χ1) is 17.5. The number of rotatable bonds is 18. The summed E-state index contributed by atoms with van der Waals surface area (Å²) in [7, 11) is 8.89. The molecule has 0 aliphatic carbocycles. The lowest BCUT2D eigenvalue weighted by atomic mass is 10.2. The second-order valence-electron chi connectivity index (χ2n) is 7.18. The molecule has 0 amide bonds. The maximum Gasteiger partial charge on any atom is 0.193 e. The van der Waals surface area contributed by atoms with Crippen LogP contribution in [0.2, 0.25) is 0 Å². The monoisotopic (exact) mass is 526 g/mol. The Balaban J connectivity index is 2.52. The molecular weight excluding hydrogens is 491 g/mol. The molecule has 1 unspecified atom stereocenters. The van der Waals surface area contributed by atoms with E-state index >= 15 is 0 Å². The molecule has 0 radical (unpaired) electrons. The van der Waals surface area contributed by atoms with E-state index in [0.717, 1.165) is 0 Å². The summed E-state index contributed by atoms with van der Waals surface area (Å²) in [6.07, 6.45) is 0. The molecule has 10 nitrogen and oxygen atoms in total. The Labute approximate surface area is 213 Å². The number of ether oxygens (including phenoxy) is 9. The quantitative estimate of drug-likeness (QED) is 0.213. The van der Waals surface area contributed by atoms with Gasteiger partial charge in [0.1, 0.15) is 59.9 Å². The van der Waals surface area contributed by atoms with Gasteiger partial charge in [-0.05, 0) is 8.58 Å². The highest BCUT2D eigenvalue weighted by molar-refractivity contribution is 7.66. The maximum atomic E-state index is 13.6.